The molecule has 0 radical (unpaired) electrons. The molecule has 1 aromatic rings. The van der Waals surface area contributed by atoms with Gasteiger partial charge in [0.05, 0.1) is 11.7 Å². The number of hydrogen-bond donors (Lipinski definition) is 1. The first-order valence-corrected chi connectivity index (χ1v) is 7.08. The molecule has 0 saturated carbocycles. The largest absolute Gasteiger partial charge is 0.469 e. The summed E-state index contributed by atoms with van der Waals surface area (Å²) in [7, 11) is 1.89. The van der Waals surface area contributed by atoms with Crippen LogP contribution in [0.4, 0.5) is 0 Å². The van der Waals surface area contributed by atoms with Crippen molar-refractivity contribution < 1.29 is 9.21 Å². The molecule has 2 rings (SSSR count). The zero-order chi connectivity index (χ0) is 13.9. The highest BCUT2D eigenvalue weighted by Gasteiger charge is 2.39. The maximum Gasteiger partial charge on any atom is 0.230 e. The zero-order valence-corrected chi connectivity index (χ0v) is 12.2. The fourth-order valence-electron chi connectivity index (χ4n) is 2.91. The molecular formula is C15H24N2O2. The van der Waals surface area contributed by atoms with E-state index >= 15 is 0 Å². The van der Waals surface area contributed by atoms with Gasteiger partial charge in [-0.2, -0.15) is 0 Å². The minimum atomic E-state index is -0.218. The van der Waals surface area contributed by atoms with E-state index in [1.165, 1.54) is 0 Å². The molecule has 0 bridgehead atoms. The summed E-state index contributed by atoms with van der Waals surface area (Å²) in [4.78, 5) is 14.6. The van der Waals surface area contributed by atoms with Crippen molar-refractivity contribution >= 4 is 5.91 Å². The molecule has 1 amide bonds. The van der Waals surface area contributed by atoms with E-state index in [4.69, 9.17) is 4.42 Å². The van der Waals surface area contributed by atoms with Crippen molar-refractivity contribution in [2.75, 3.05) is 20.1 Å². The lowest BCUT2D eigenvalue weighted by molar-refractivity contribution is -0.142. The number of carbonyl (C=O) groups excluding carboxylic acids is 1. The molecule has 1 N–H and O–H groups in total. The molecule has 1 aliphatic rings. The highest BCUT2D eigenvalue weighted by molar-refractivity contribution is 5.83. The molecule has 1 fully saturated rings. The Morgan fingerprint density at radius 2 is 2.37 bits per heavy atom. The number of nitrogens with zero attached hydrogens (tertiary/aromatic N) is 1. The number of amides is 1. The summed E-state index contributed by atoms with van der Waals surface area (Å²) in [6, 6.07) is 1.94. The Morgan fingerprint density at radius 1 is 1.58 bits per heavy atom. The van der Waals surface area contributed by atoms with Crippen molar-refractivity contribution in [1.29, 1.82) is 0 Å². The minimum absolute atomic E-state index is 0.218. The normalized spacial score (nSPS) is 23.3. The van der Waals surface area contributed by atoms with Crippen LogP contribution in [-0.2, 0) is 11.3 Å². The number of piperidine rings is 1. The van der Waals surface area contributed by atoms with Gasteiger partial charge in [-0.25, -0.2) is 0 Å². The van der Waals surface area contributed by atoms with E-state index < -0.39 is 0 Å². The third kappa shape index (κ3) is 2.84. The first-order valence-electron chi connectivity index (χ1n) is 7.08. The predicted molar refractivity (Wildman–Crippen MR) is 74.7 cm³/mol. The second-order valence-electron chi connectivity index (χ2n) is 5.58. The summed E-state index contributed by atoms with van der Waals surface area (Å²) >= 11 is 0. The van der Waals surface area contributed by atoms with Gasteiger partial charge in [-0.15, -0.1) is 0 Å². The van der Waals surface area contributed by atoms with E-state index in [9.17, 15) is 4.79 Å². The van der Waals surface area contributed by atoms with Gasteiger partial charge in [0.1, 0.15) is 5.76 Å². The molecule has 1 atom stereocenters. The molecule has 1 unspecified atom stereocenters. The van der Waals surface area contributed by atoms with Gasteiger partial charge in [0, 0.05) is 25.7 Å². The van der Waals surface area contributed by atoms with Crippen LogP contribution in [0.3, 0.4) is 0 Å². The second-order valence-corrected chi connectivity index (χ2v) is 5.58. The molecule has 1 aliphatic heterocycles. The molecule has 4 nitrogen and oxygen atoms in total. The maximum atomic E-state index is 12.7. The molecule has 19 heavy (non-hydrogen) atoms. The van der Waals surface area contributed by atoms with Crippen molar-refractivity contribution in [3.63, 3.8) is 0 Å². The van der Waals surface area contributed by atoms with Crippen LogP contribution in [0.5, 0.6) is 0 Å². The van der Waals surface area contributed by atoms with Crippen LogP contribution in [0, 0.1) is 12.3 Å². The molecule has 106 valence electrons. The van der Waals surface area contributed by atoms with Crippen molar-refractivity contribution in [2.24, 2.45) is 5.41 Å². The first kappa shape index (κ1) is 14.1. The van der Waals surface area contributed by atoms with Gasteiger partial charge < -0.3 is 14.6 Å². The molecule has 0 aliphatic carbocycles. The third-order valence-electron chi connectivity index (χ3n) is 4.32. The maximum absolute atomic E-state index is 12.7. The van der Waals surface area contributed by atoms with Crippen molar-refractivity contribution in [3.05, 3.63) is 23.7 Å². The van der Waals surface area contributed by atoms with Gasteiger partial charge in [-0.3, -0.25) is 4.79 Å². The number of nitrogens with one attached hydrogen (secondary N) is 1. The topological polar surface area (TPSA) is 45.5 Å². The van der Waals surface area contributed by atoms with Crippen LogP contribution in [0.2, 0.25) is 0 Å². The number of furan rings is 1. The van der Waals surface area contributed by atoms with Gasteiger partial charge in [0.2, 0.25) is 5.91 Å². The van der Waals surface area contributed by atoms with Gasteiger partial charge in [0.15, 0.2) is 0 Å². The number of carbonyl (C=O) groups is 1. The summed E-state index contributed by atoms with van der Waals surface area (Å²) < 4.78 is 5.29. The molecule has 2 heterocycles. The van der Waals surface area contributed by atoms with Crippen molar-refractivity contribution in [1.82, 2.24) is 10.2 Å². The quantitative estimate of drug-likeness (QED) is 0.908. The summed E-state index contributed by atoms with van der Waals surface area (Å²) in [5.74, 6) is 1.15. The van der Waals surface area contributed by atoms with Gasteiger partial charge in [-0.05, 0) is 38.8 Å². The van der Waals surface area contributed by atoms with E-state index in [0.29, 0.717) is 6.54 Å². The Labute approximate surface area is 115 Å². The van der Waals surface area contributed by atoms with E-state index in [2.05, 4.69) is 12.2 Å². The van der Waals surface area contributed by atoms with Crippen LogP contribution in [0.15, 0.2) is 16.7 Å². The Bertz CT molecular complexity index is 433. The molecular weight excluding hydrogens is 240 g/mol. The van der Waals surface area contributed by atoms with Crippen LogP contribution in [0.1, 0.15) is 37.5 Å². The summed E-state index contributed by atoms with van der Waals surface area (Å²) in [6.45, 7) is 6.51. The van der Waals surface area contributed by atoms with Gasteiger partial charge in [0.25, 0.3) is 0 Å². The predicted octanol–water partition coefficient (Wildman–Crippen LogP) is 2.33. The zero-order valence-electron chi connectivity index (χ0n) is 12.2. The highest BCUT2D eigenvalue weighted by atomic mass is 16.3. The molecule has 1 saturated heterocycles. The fourth-order valence-corrected chi connectivity index (χ4v) is 2.91. The third-order valence-corrected chi connectivity index (χ3v) is 4.32. The van der Waals surface area contributed by atoms with Crippen molar-refractivity contribution in [2.45, 2.75) is 39.7 Å². The Kier molecular flexibility index (Phi) is 4.30. The summed E-state index contributed by atoms with van der Waals surface area (Å²) in [6.07, 6.45) is 4.65. The molecule has 0 aromatic carbocycles. The average Bonchev–Trinajstić information content (AvgIpc) is 2.84. The van der Waals surface area contributed by atoms with E-state index in [-0.39, 0.29) is 11.3 Å². The molecule has 1 aromatic heterocycles. The van der Waals surface area contributed by atoms with E-state index in [0.717, 1.165) is 43.7 Å². The average molecular weight is 264 g/mol. The van der Waals surface area contributed by atoms with Crippen LogP contribution < -0.4 is 5.32 Å². The molecule has 4 heteroatoms. The smallest absolute Gasteiger partial charge is 0.230 e. The highest BCUT2D eigenvalue weighted by Crippen LogP contribution is 2.32. The number of rotatable bonds is 4. The van der Waals surface area contributed by atoms with Crippen molar-refractivity contribution in [3.8, 4) is 0 Å². The van der Waals surface area contributed by atoms with Gasteiger partial charge in [-0.1, -0.05) is 6.92 Å². The standard InChI is InChI=1S/C15H24N2O2/c1-4-15(7-5-8-16-11-15)14(18)17(3)10-13-6-9-19-12(13)2/h6,9,16H,4-5,7-8,10-11H2,1-3H3. The minimum Gasteiger partial charge on any atom is -0.469 e. The number of hydrogen-bond acceptors (Lipinski definition) is 3. The number of aryl methyl sites for hydroxylation is 1. The summed E-state index contributed by atoms with van der Waals surface area (Å²) in [5.41, 5.74) is 0.871. The summed E-state index contributed by atoms with van der Waals surface area (Å²) in [5, 5.41) is 3.37. The lowest BCUT2D eigenvalue weighted by Gasteiger charge is -2.38. The lowest BCUT2D eigenvalue weighted by atomic mass is 9.77. The molecule has 0 spiro atoms. The van der Waals surface area contributed by atoms with Crippen LogP contribution in [0.25, 0.3) is 0 Å². The van der Waals surface area contributed by atoms with E-state index in [1.807, 2.05) is 24.9 Å². The Morgan fingerprint density at radius 3 is 2.89 bits per heavy atom. The SMILES string of the molecule is CCC1(C(=O)N(C)Cc2ccoc2C)CCCNC1. The second kappa shape index (κ2) is 5.78. The Balaban J connectivity index is 2.07. The first-order chi connectivity index (χ1) is 9.09. The fraction of sp³-hybridized carbons (Fsp3) is 0.667. The van der Waals surface area contributed by atoms with E-state index in [1.54, 1.807) is 6.26 Å². The van der Waals surface area contributed by atoms with Crippen LogP contribution >= 0.6 is 0 Å². The lowest BCUT2D eigenvalue weighted by Crippen LogP contribution is -2.50. The van der Waals surface area contributed by atoms with Gasteiger partial charge >= 0.3 is 0 Å². The Hall–Kier alpha value is -1.29. The monoisotopic (exact) mass is 264 g/mol. The van der Waals surface area contributed by atoms with Crippen LogP contribution in [-0.4, -0.2) is 30.9 Å².